The summed E-state index contributed by atoms with van der Waals surface area (Å²) >= 11 is 0. The van der Waals surface area contributed by atoms with Crippen LogP contribution in [0.3, 0.4) is 0 Å². The molecular formula is C16H14N2O4. The van der Waals surface area contributed by atoms with E-state index < -0.39 is 5.91 Å². The molecule has 0 saturated heterocycles. The Bertz CT molecular complexity index is 804. The van der Waals surface area contributed by atoms with E-state index in [1.807, 2.05) is 13.0 Å². The lowest BCUT2D eigenvalue weighted by atomic mass is 10.2. The van der Waals surface area contributed by atoms with E-state index in [2.05, 4.69) is 10.3 Å². The van der Waals surface area contributed by atoms with Crippen molar-refractivity contribution < 1.29 is 18.4 Å². The van der Waals surface area contributed by atoms with Gasteiger partial charge >= 0.3 is 0 Å². The summed E-state index contributed by atoms with van der Waals surface area (Å²) in [5.41, 5.74) is 0.708. The van der Waals surface area contributed by atoms with Gasteiger partial charge in [-0.05, 0) is 31.2 Å². The van der Waals surface area contributed by atoms with Crippen LogP contribution in [-0.4, -0.2) is 18.0 Å². The lowest BCUT2D eigenvalue weighted by Crippen LogP contribution is -2.14. The quantitative estimate of drug-likeness (QED) is 0.797. The van der Waals surface area contributed by atoms with Crippen LogP contribution in [0.4, 0.5) is 5.69 Å². The number of anilines is 1. The smallest absolute Gasteiger partial charge is 0.278 e. The van der Waals surface area contributed by atoms with Crippen molar-refractivity contribution in [3.05, 3.63) is 54.2 Å². The molecule has 0 radical (unpaired) electrons. The third-order valence-corrected chi connectivity index (χ3v) is 3.10. The minimum Gasteiger partial charge on any atom is -0.495 e. The zero-order valence-corrected chi connectivity index (χ0v) is 12.1. The number of benzene rings is 1. The van der Waals surface area contributed by atoms with Gasteiger partial charge in [0.2, 0.25) is 5.76 Å². The monoisotopic (exact) mass is 298 g/mol. The van der Waals surface area contributed by atoms with E-state index in [1.165, 1.54) is 13.5 Å². The number of rotatable bonds is 4. The van der Waals surface area contributed by atoms with E-state index in [4.69, 9.17) is 13.6 Å². The van der Waals surface area contributed by atoms with Gasteiger partial charge in [0, 0.05) is 0 Å². The first-order chi connectivity index (χ1) is 10.7. The number of furan rings is 1. The number of para-hydroxylation sites is 2. The van der Waals surface area contributed by atoms with Crippen LogP contribution < -0.4 is 10.1 Å². The second-order valence-electron chi connectivity index (χ2n) is 4.59. The van der Waals surface area contributed by atoms with Crippen molar-refractivity contribution in [2.75, 3.05) is 12.4 Å². The number of nitrogens with zero attached hydrogens (tertiary/aromatic N) is 1. The molecule has 112 valence electrons. The fraction of sp³-hybridized carbons (Fsp3) is 0.125. The summed E-state index contributed by atoms with van der Waals surface area (Å²) in [6.45, 7) is 1.81. The molecule has 3 aromatic rings. The molecule has 1 amide bonds. The highest BCUT2D eigenvalue weighted by molar-refractivity contribution is 6.06. The Labute approximate surface area is 126 Å². The van der Waals surface area contributed by atoms with E-state index in [0.717, 1.165) is 5.76 Å². The van der Waals surface area contributed by atoms with Crippen LogP contribution in [0.2, 0.25) is 0 Å². The first kappa shape index (κ1) is 13.9. The molecule has 0 aliphatic heterocycles. The van der Waals surface area contributed by atoms with Crippen LogP contribution in [0.25, 0.3) is 11.5 Å². The van der Waals surface area contributed by atoms with Gasteiger partial charge < -0.3 is 18.9 Å². The maximum Gasteiger partial charge on any atom is 0.278 e. The Morgan fingerprint density at radius 2 is 2.05 bits per heavy atom. The van der Waals surface area contributed by atoms with Crippen LogP contribution in [0.5, 0.6) is 5.75 Å². The molecule has 6 nitrogen and oxygen atoms in total. The standard InChI is InChI=1S/C16H14N2O4/c1-10-7-8-13(22-10)15-14(17-9-21-15)16(19)18-11-5-3-4-6-12(11)20-2/h3-9H,1-2H3,(H,18,19). The van der Waals surface area contributed by atoms with Crippen molar-refractivity contribution in [3.63, 3.8) is 0 Å². The van der Waals surface area contributed by atoms with Gasteiger partial charge in [0.1, 0.15) is 11.5 Å². The zero-order valence-electron chi connectivity index (χ0n) is 12.1. The van der Waals surface area contributed by atoms with Crippen LogP contribution in [0, 0.1) is 6.92 Å². The molecular weight excluding hydrogens is 284 g/mol. The fourth-order valence-electron chi connectivity index (χ4n) is 2.07. The maximum atomic E-state index is 12.4. The number of aryl methyl sites for hydroxylation is 1. The lowest BCUT2D eigenvalue weighted by Gasteiger charge is -2.08. The third-order valence-electron chi connectivity index (χ3n) is 3.10. The molecule has 3 rings (SSSR count). The molecule has 0 bridgehead atoms. The summed E-state index contributed by atoms with van der Waals surface area (Å²) < 4.78 is 16.0. The number of hydrogen-bond acceptors (Lipinski definition) is 5. The van der Waals surface area contributed by atoms with Gasteiger partial charge in [0.25, 0.3) is 5.91 Å². The van der Waals surface area contributed by atoms with Crippen LogP contribution >= 0.6 is 0 Å². The van der Waals surface area contributed by atoms with Crippen molar-refractivity contribution in [1.82, 2.24) is 4.98 Å². The molecule has 22 heavy (non-hydrogen) atoms. The van der Waals surface area contributed by atoms with Gasteiger partial charge in [-0.3, -0.25) is 4.79 Å². The molecule has 0 atom stereocenters. The number of nitrogens with one attached hydrogen (secondary N) is 1. The second-order valence-corrected chi connectivity index (χ2v) is 4.59. The van der Waals surface area contributed by atoms with Crippen molar-refractivity contribution in [3.8, 4) is 17.3 Å². The predicted octanol–water partition coefficient (Wildman–Crippen LogP) is 3.50. The normalized spacial score (nSPS) is 10.5. The number of ether oxygens (including phenoxy) is 1. The molecule has 0 aliphatic rings. The van der Waals surface area contributed by atoms with Crippen LogP contribution in [-0.2, 0) is 0 Å². The summed E-state index contributed by atoms with van der Waals surface area (Å²) in [7, 11) is 1.54. The molecule has 0 saturated carbocycles. The molecule has 6 heteroatoms. The first-order valence-corrected chi connectivity index (χ1v) is 6.63. The number of carbonyl (C=O) groups is 1. The van der Waals surface area contributed by atoms with Crippen molar-refractivity contribution in [2.45, 2.75) is 6.92 Å². The van der Waals surface area contributed by atoms with Crippen LogP contribution in [0.15, 0.2) is 51.6 Å². The van der Waals surface area contributed by atoms with Gasteiger partial charge in [0.05, 0.1) is 12.8 Å². The minimum atomic E-state index is -0.401. The Morgan fingerprint density at radius 3 is 2.77 bits per heavy atom. The van der Waals surface area contributed by atoms with E-state index in [0.29, 0.717) is 23.0 Å². The molecule has 1 aromatic carbocycles. The molecule has 0 fully saturated rings. The van der Waals surface area contributed by atoms with E-state index in [9.17, 15) is 4.79 Å². The predicted molar refractivity (Wildman–Crippen MR) is 79.9 cm³/mol. The highest BCUT2D eigenvalue weighted by Crippen LogP contribution is 2.27. The molecule has 0 spiro atoms. The average molecular weight is 298 g/mol. The summed E-state index contributed by atoms with van der Waals surface area (Å²) in [5, 5.41) is 2.75. The minimum absolute atomic E-state index is 0.153. The highest BCUT2D eigenvalue weighted by Gasteiger charge is 2.21. The molecule has 2 aromatic heterocycles. The van der Waals surface area contributed by atoms with Crippen molar-refractivity contribution in [1.29, 1.82) is 0 Å². The maximum absolute atomic E-state index is 12.4. The Balaban J connectivity index is 1.89. The van der Waals surface area contributed by atoms with Gasteiger partial charge in [-0.25, -0.2) is 4.98 Å². The van der Waals surface area contributed by atoms with E-state index in [1.54, 1.807) is 30.3 Å². The topological polar surface area (TPSA) is 77.5 Å². The number of amides is 1. The molecule has 0 unspecified atom stereocenters. The highest BCUT2D eigenvalue weighted by atomic mass is 16.5. The Kier molecular flexibility index (Phi) is 3.65. The van der Waals surface area contributed by atoms with Crippen molar-refractivity contribution in [2.24, 2.45) is 0 Å². The summed E-state index contributed by atoms with van der Waals surface area (Å²) in [6.07, 6.45) is 1.21. The van der Waals surface area contributed by atoms with Gasteiger partial charge in [-0.1, -0.05) is 12.1 Å². The molecule has 2 heterocycles. The van der Waals surface area contributed by atoms with Crippen molar-refractivity contribution >= 4 is 11.6 Å². The largest absolute Gasteiger partial charge is 0.495 e. The number of carbonyl (C=O) groups excluding carboxylic acids is 1. The Morgan fingerprint density at radius 1 is 1.23 bits per heavy atom. The first-order valence-electron chi connectivity index (χ1n) is 6.63. The number of hydrogen-bond donors (Lipinski definition) is 1. The Hall–Kier alpha value is -3.02. The zero-order chi connectivity index (χ0) is 15.5. The van der Waals surface area contributed by atoms with Gasteiger partial charge in [-0.2, -0.15) is 0 Å². The van der Waals surface area contributed by atoms with Gasteiger partial charge in [0.15, 0.2) is 17.8 Å². The molecule has 1 N–H and O–H groups in total. The van der Waals surface area contributed by atoms with E-state index >= 15 is 0 Å². The summed E-state index contributed by atoms with van der Waals surface area (Å²) in [5.74, 6) is 1.64. The third kappa shape index (κ3) is 2.58. The fourth-order valence-corrected chi connectivity index (χ4v) is 2.07. The van der Waals surface area contributed by atoms with Crippen LogP contribution in [0.1, 0.15) is 16.2 Å². The lowest BCUT2D eigenvalue weighted by molar-refractivity contribution is 0.102. The van der Waals surface area contributed by atoms with Gasteiger partial charge in [-0.15, -0.1) is 0 Å². The number of aromatic nitrogens is 1. The number of oxazole rings is 1. The summed E-state index contributed by atoms with van der Waals surface area (Å²) in [4.78, 5) is 16.4. The SMILES string of the molecule is COc1ccccc1NC(=O)c1ncoc1-c1ccc(C)o1. The number of methoxy groups -OCH3 is 1. The van der Waals surface area contributed by atoms with E-state index in [-0.39, 0.29) is 5.69 Å². The molecule has 0 aliphatic carbocycles. The average Bonchev–Trinajstić information content (AvgIpc) is 3.16. The summed E-state index contributed by atoms with van der Waals surface area (Å²) in [6, 6.07) is 10.7. The second kappa shape index (κ2) is 5.77.